The Balaban J connectivity index is 1.74. The molecule has 5 heteroatoms. The topological polar surface area (TPSA) is 55.4 Å². The van der Waals surface area contributed by atoms with E-state index in [-0.39, 0.29) is 18.9 Å². The molecule has 0 aliphatic carbocycles. The van der Waals surface area contributed by atoms with Gasteiger partial charge in [-0.2, -0.15) is 0 Å². The normalized spacial score (nSPS) is 10.2. The van der Waals surface area contributed by atoms with Crippen LogP contribution in [0.1, 0.15) is 16.7 Å². The van der Waals surface area contributed by atoms with Gasteiger partial charge in [0.1, 0.15) is 0 Å². The Morgan fingerprint density at radius 1 is 1.13 bits per heavy atom. The number of ether oxygens (including phenoxy) is 1. The van der Waals surface area contributed by atoms with E-state index in [1.165, 1.54) is 0 Å². The molecule has 2 aromatic rings. The maximum absolute atomic E-state index is 11.7. The molecule has 0 saturated carbocycles. The number of esters is 1. The number of nitrogens with one attached hydrogen (secondary N) is 1. The Hall–Kier alpha value is -2.14. The molecule has 0 atom stereocenters. The number of rotatable bonds is 6. The van der Waals surface area contributed by atoms with Crippen LogP contribution in [0.5, 0.6) is 0 Å². The molecule has 1 amide bonds. The van der Waals surface area contributed by atoms with Gasteiger partial charge in [0.15, 0.2) is 6.61 Å². The second kappa shape index (κ2) is 8.48. The summed E-state index contributed by atoms with van der Waals surface area (Å²) >= 11 is 3.41. The molecule has 0 radical (unpaired) electrons. The van der Waals surface area contributed by atoms with Crippen molar-refractivity contribution in [2.24, 2.45) is 0 Å². The molecule has 2 aromatic carbocycles. The lowest BCUT2D eigenvalue weighted by Crippen LogP contribution is -2.28. The maximum Gasteiger partial charge on any atom is 0.310 e. The van der Waals surface area contributed by atoms with Gasteiger partial charge in [0.05, 0.1) is 6.42 Å². The number of amides is 1. The highest BCUT2D eigenvalue weighted by molar-refractivity contribution is 9.10. The van der Waals surface area contributed by atoms with Crippen LogP contribution in [0.15, 0.2) is 53.0 Å². The summed E-state index contributed by atoms with van der Waals surface area (Å²) in [7, 11) is 0. The van der Waals surface area contributed by atoms with Crippen molar-refractivity contribution in [3.8, 4) is 0 Å². The van der Waals surface area contributed by atoms with Crippen LogP contribution in [0.25, 0.3) is 0 Å². The van der Waals surface area contributed by atoms with E-state index < -0.39 is 5.97 Å². The van der Waals surface area contributed by atoms with Gasteiger partial charge in [-0.1, -0.05) is 64.0 Å². The summed E-state index contributed by atoms with van der Waals surface area (Å²) in [5, 5.41) is 2.72. The van der Waals surface area contributed by atoms with E-state index in [1.54, 1.807) is 0 Å². The number of carbonyl (C=O) groups excluding carboxylic acids is 2. The highest BCUT2D eigenvalue weighted by Crippen LogP contribution is 2.15. The number of benzene rings is 2. The van der Waals surface area contributed by atoms with Gasteiger partial charge in [0.2, 0.25) is 0 Å². The highest BCUT2D eigenvalue weighted by Gasteiger charge is 2.09. The van der Waals surface area contributed by atoms with E-state index in [2.05, 4.69) is 21.2 Å². The van der Waals surface area contributed by atoms with Gasteiger partial charge in [-0.05, 0) is 24.1 Å². The minimum absolute atomic E-state index is 0.166. The average Bonchev–Trinajstić information content (AvgIpc) is 2.52. The van der Waals surface area contributed by atoms with Crippen LogP contribution in [0.4, 0.5) is 0 Å². The molecule has 0 unspecified atom stereocenters. The van der Waals surface area contributed by atoms with Crippen LogP contribution in [0.2, 0.25) is 0 Å². The Kier molecular flexibility index (Phi) is 6.35. The SMILES string of the molecule is Cc1cccc(CC(=O)OCC(=O)NCc2ccccc2Br)c1. The monoisotopic (exact) mass is 375 g/mol. The standard InChI is InChI=1S/C18H18BrNO3/c1-13-5-4-6-14(9-13)10-18(22)23-12-17(21)20-11-15-7-2-3-8-16(15)19/h2-9H,10-12H2,1H3,(H,20,21). The summed E-state index contributed by atoms with van der Waals surface area (Å²) in [4.78, 5) is 23.5. The van der Waals surface area contributed by atoms with Gasteiger partial charge >= 0.3 is 5.97 Å². The molecular weight excluding hydrogens is 358 g/mol. The number of aryl methyl sites for hydroxylation is 1. The van der Waals surface area contributed by atoms with E-state index in [9.17, 15) is 9.59 Å². The first-order chi connectivity index (χ1) is 11.0. The lowest BCUT2D eigenvalue weighted by Gasteiger charge is -2.08. The molecule has 2 rings (SSSR count). The summed E-state index contributed by atoms with van der Waals surface area (Å²) in [6.45, 7) is 2.08. The van der Waals surface area contributed by atoms with Crippen molar-refractivity contribution in [3.05, 3.63) is 69.7 Å². The summed E-state index contributed by atoms with van der Waals surface area (Å²) in [5.41, 5.74) is 2.93. The number of hydrogen-bond donors (Lipinski definition) is 1. The quantitative estimate of drug-likeness (QED) is 0.788. The third kappa shape index (κ3) is 5.87. The first kappa shape index (κ1) is 17.2. The zero-order valence-corrected chi connectivity index (χ0v) is 14.4. The van der Waals surface area contributed by atoms with Crippen LogP contribution in [0, 0.1) is 6.92 Å². The average molecular weight is 376 g/mol. The van der Waals surface area contributed by atoms with Gasteiger partial charge in [-0.3, -0.25) is 9.59 Å². The predicted octanol–water partition coefficient (Wildman–Crippen LogP) is 3.16. The van der Waals surface area contributed by atoms with Crippen molar-refractivity contribution in [3.63, 3.8) is 0 Å². The fourth-order valence-corrected chi connectivity index (χ4v) is 2.50. The second-order valence-corrected chi connectivity index (χ2v) is 6.05. The van der Waals surface area contributed by atoms with Crippen molar-refractivity contribution in [2.45, 2.75) is 19.9 Å². The van der Waals surface area contributed by atoms with E-state index in [4.69, 9.17) is 4.74 Å². The first-order valence-corrected chi connectivity index (χ1v) is 8.05. The second-order valence-electron chi connectivity index (χ2n) is 5.19. The Morgan fingerprint density at radius 3 is 2.65 bits per heavy atom. The molecule has 1 N–H and O–H groups in total. The van der Waals surface area contributed by atoms with E-state index >= 15 is 0 Å². The van der Waals surface area contributed by atoms with Crippen LogP contribution >= 0.6 is 15.9 Å². The lowest BCUT2D eigenvalue weighted by atomic mass is 10.1. The maximum atomic E-state index is 11.7. The summed E-state index contributed by atoms with van der Waals surface area (Å²) < 4.78 is 5.93. The molecule has 4 nitrogen and oxygen atoms in total. The molecular formula is C18H18BrNO3. The van der Waals surface area contributed by atoms with E-state index in [0.717, 1.165) is 21.2 Å². The molecule has 120 valence electrons. The fraction of sp³-hybridized carbons (Fsp3) is 0.222. The Bertz CT molecular complexity index is 700. The minimum atomic E-state index is -0.411. The number of halogens is 1. The van der Waals surface area contributed by atoms with Crippen LogP contribution in [-0.2, 0) is 27.3 Å². The molecule has 0 bridgehead atoms. The van der Waals surface area contributed by atoms with Gasteiger partial charge < -0.3 is 10.1 Å². The third-order valence-electron chi connectivity index (χ3n) is 3.23. The zero-order chi connectivity index (χ0) is 16.7. The Labute approximate surface area is 144 Å². The fourth-order valence-electron chi connectivity index (χ4n) is 2.07. The van der Waals surface area contributed by atoms with Gasteiger partial charge in [-0.15, -0.1) is 0 Å². The molecule has 0 aromatic heterocycles. The van der Waals surface area contributed by atoms with Crippen molar-refractivity contribution in [1.29, 1.82) is 0 Å². The number of carbonyl (C=O) groups is 2. The van der Waals surface area contributed by atoms with Crippen LogP contribution in [0.3, 0.4) is 0 Å². The van der Waals surface area contributed by atoms with Gasteiger partial charge in [0, 0.05) is 11.0 Å². The molecule has 0 aliphatic heterocycles. The van der Waals surface area contributed by atoms with Crippen molar-refractivity contribution < 1.29 is 14.3 Å². The smallest absolute Gasteiger partial charge is 0.310 e. The van der Waals surface area contributed by atoms with Crippen LogP contribution < -0.4 is 5.32 Å². The largest absolute Gasteiger partial charge is 0.455 e. The van der Waals surface area contributed by atoms with Crippen molar-refractivity contribution in [2.75, 3.05) is 6.61 Å². The molecule has 23 heavy (non-hydrogen) atoms. The zero-order valence-electron chi connectivity index (χ0n) is 12.8. The van der Waals surface area contributed by atoms with Crippen molar-refractivity contribution >= 4 is 27.8 Å². The lowest BCUT2D eigenvalue weighted by molar-refractivity contribution is -0.147. The predicted molar refractivity (Wildman–Crippen MR) is 91.8 cm³/mol. The minimum Gasteiger partial charge on any atom is -0.455 e. The summed E-state index contributed by atoms with van der Waals surface area (Å²) in [6.07, 6.45) is 0.166. The highest BCUT2D eigenvalue weighted by atomic mass is 79.9. The van der Waals surface area contributed by atoms with E-state index in [1.807, 2.05) is 55.5 Å². The van der Waals surface area contributed by atoms with Crippen molar-refractivity contribution in [1.82, 2.24) is 5.32 Å². The van der Waals surface area contributed by atoms with E-state index in [0.29, 0.717) is 6.54 Å². The van der Waals surface area contributed by atoms with Crippen LogP contribution in [-0.4, -0.2) is 18.5 Å². The van der Waals surface area contributed by atoms with Gasteiger partial charge in [-0.25, -0.2) is 0 Å². The molecule has 0 fully saturated rings. The molecule has 0 aliphatic rings. The third-order valence-corrected chi connectivity index (χ3v) is 4.00. The number of hydrogen-bond acceptors (Lipinski definition) is 3. The summed E-state index contributed by atoms with van der Waals surface area (Å²) in [6, 6.07) is 15.3. The first-order valence-electron chi connectivity index (χ1n) is 7.26. The Morgan fingerprint density at radius 2 is 1.91 bits per heavy atom. The summed E-state index contributed by atoms with van der Waals surface area (Å²) in [5.74, 6) is -0.731. The molecule has 0 heterocycles. The molecule has 0 saturated heterocycles. The molecule has 0 spiro atoms. The van der Waals surface area contributed by atoms with Gasteiger partial charge in [0.25, 0.3) is 5.91 Å².